The van der Waals surface area contributed by atoms with Gasteiger partial charge in [-0.25, -0.2) is 9.37 Å². The molecule has 0 atom stereocenters. The summed E-state index contributed by atoms with van der Waals surface area (Å²) >= 11 is 0. The number of nitrogens with one attached hydrogen (secondary N) is 1. The molecule has 0 bridgehead atoms. The number of rotatable bonds is 7. The molecule has 11 heteroatoms. The Bertz CT molecular complexity index is 1120. The fourth-order valence-corrected chi connectivity index (χ4v) is 2.65. The highest BCUT2D eigenvalue weighted by Crippen LogP contribution is 2.25. The Morgan fingerprint density at radius 3 is 2.09 bits per heavy atom. The third-order valence-corrected chi connectivity index (χ3v) is 4.25. The van der Waals surface area contributed by atoms with Crippen molar-refractivity contribution in [2.45, 2.75) is 0 Å². The van der Waals surface area contributed by atoms with Crippen molar-refractivity contribution in [1.82, 2.24) is 10.3 Å². The summed E-state index contributed by atoms with van der Waals surface area (Å²) in [5.74, 6) is 0.705. The Hall–Kier alpha value is -3.14. The summed E-state index contributed by atoms with van der Waals surface area (Å²) in [5, 5.41) is 2.91. The minimum atomic E-state index is -4.89. The number of likely N-dealkylation sites (N-methyl/N-ethyl adjacent to an activating group) is 1. The summed E-state index contributed by atoms with van der Waals surface area (Å²) in [7, 11) is 1.34. The fourth-order valence-electron chi connectivity index (χ4n) is 2.65. The molecule has 0 aliphatic heterocycles. The monoisotopic (exact) mass is 491 g/mol. The van der Waals surface area contributed by atoms with Gasteiger partial charge in [0.1, 0.15) is 23.0 Å². The molecule has 1 heterocycles. The number of carbonyl (C=O) groups is 1. The normalized spacial score (nSPS) is 11.3. The van der Waals surface area contributed by atoms with Crippen LogP contribution in [0.4, 0.5) is 4.39 Å². The maximum Gasteiger partial charge on any atom is 0.270 e. The minimum Gasteiger partial charge on any atom is -0.756 e. The lowest BCUT2D eigenvalue weighted by atomic mass is 10.1. The van der Waals surface area contributed by atoms with Gasteiger partial charge in [0.2, 0.25) is 0 Å². The van der Waals surface area contributed by atoms with Crippen LogP contribution in [0.1, 0.15) is 10.5 Å². The van der Waals surface area contributed by atoms with E-state index in [9.17, 15) is 9.18 Å². The summed E-state index contributed by atoms with van der Waals surface area (Å²) < 4.78 is 28.2. The molecule has 1 aromatic heterocycles. The molecular formula is C23H27FN3O6P. The van der Waals surface area contributed by atoms with Crippen LogP contribution in [0, 0.1) is 5.82 Å². The van der Waals surface area contributed by atoms with Crippen LogP contribution in [0.25, 0.3) is 11.3 Å². The first kappa shape index (κ1) is 27.1. The van der Waals surface area contributed by atoms with Crippen molar-refractivity contribution in [3.8, 4) is 22.8 Å². The molecule has 0 unspecified atom stereocenters. The van der Waals surface area contributed by atoms with Crippen LogP contribution in [0.15, 0.2) is 66.7 Å². The van der Waals surface area contributed by atoms with E-state index in [0.29, 0.717) is 29.4 Å². The summed E-state index contributed by atoms with van der Waals surface area (Å²) in [6.07, 6.45) is 0. The van der Waals surface area contributed by atoms with Crippen LogP contribution in [-0.2, 0) is 4.57 Å². The fraction of sp³-hybridized carbons (Fsp3) is 0.217. The Morgan fingerprint density at radius 2 is 1.56 bits per heavy atom. The van der Waals surface area contributed by atoms with Gasteiger partial charge in [0.05, 0.1) is 39.9 Å². The number of pyridine rings is 1. The molecule has 0 spiro atoms. The summed E-state index contributed by atoms with van der Waals surface area (Å²) in [6.45, 7) is 1.42. The second kappa shape index (κ2) is 11.8. The molecule has 9 nitrogen and oxygen atoms in total. The van der Waals surface area contributed by atoms with Gasteiger partial charge in [-0.3, -0.25) is 9.36 Å². The van der Waals surface area contributed by atoms with Crippen molar-refractivity contribution in [2.75, 3.05) is 34.2 Å². The number of nitrogens with zero attached hydrogens (tertiary/aromatic N) is 2. The number of ether oxygens (including phenoxy) is 1. The maximum atomic E-state index is 13.0. The number of hydrogen-bond acceptors (Lipinski definition) is 5. The first-order chi connectivity index (χ1) is 15.8. The zero-order chi connectivity index (χ0) is 25.4. The van der Waals surface area contributed by atoms with E-state index in [0.717, 1.165) is 16.6 Å². The smallest absolute Gasteiger partial charge is 0.270 e. The second-order valence-corrected chi connectivity index (χ2v) is 9.23. The number of hydrogen-bond donors (Lipinski definition) is 3. The quantitative estimate of drug-likeness (QED) is 0.342. The van der Waals surface area contributed by atoms with Gasteiger partial charge in [0, 0.05) is 5.56 Å². The first-order valence-electron chi connectivity index (χ1n) is 10.2. The van der Waals surface area contributed by atoms with E-state index in [2.05, 4.69) is 31.4 Å². The molecule has 0 aliphatic rings. The molecule has 3 aromatic rings. The average Bonchev–Trinajstić information content (AvgIpc) is 2.74. The van der Waals surface area contributed by atoms with Gasteiger partial charge >= 0.3 is 0 Å². The third kappa shape index (κ3) is 10.7. The highest BCUT2D eigenvalue weighted by Gasteiger charge is 2.11. The van der Waals surface area contributed by atoms with E-state index in [1.807, 2.05) is 36.4 Å². The van der Waals surface area contributed by atoms with Gasteiger partial charge < -0.3 is 29.2 Å². The van der Waals surface area contributed by atoms with Gasteiger partial charge in [-0.2, -0.15) is 0 Å². The van der Waals surface area contributed by atoms with E-state index >= 15 is 0 Å². The van der Waals surface area contributed by atoms with Crippen LogP contribution in [0.2, 0.25) is 0 Å². The molecular weight excluding hydrogens is 464 g/mol. The molecule has 3 N–H and O–H groups in total. The van der Waals surface area contributed by atoms with Crippen LogP contribution >= 0.6 is 7.82 Å². The molecule has 0 aliphatic carbocycles. The van der Waals surface area contributed by atoms with E-state index < -0.39 is 7.82 Å². The molecule has 0 saturated heterocycles. The molecule has 0 radical (unpaired) electrons. The molecule has 2 aromatic carbocycles. The largest absolute Gasteiger partial charge is 0.756 e. The predicted molar refractivity (Wildman–Crippen MR) is 123 cm³/mol. The Labute approximate surface area is 197 Å². The standard InChI is InChI=1S/C23H24FN3O2.H3O4P/c1-27(2,3)16-15-25-23(28)22-6-4-5-21(26-22)17-7-11-19(12-8-17)29-20-13-9-18(24)10-14-20;1-5(2,3)4/h4-14H,15-16H2,1-3H3;(H3,1,2,3,4). The number of amides is 1. The van der Waals surface area contributed by atoms with Crippen LogP contribution < -0.4 is 14.9 Å². The molecule has 3 rings (SSSR count). The third-order valence-electron chi connectivity index (χ3n) is 4.25. The van der Waals surface area contributed by atoms with Crippen molar-refractivity contribution >= 4 is 13.7 Å². The molecule has 0 saturated carbocycles. The van der Waals surface area contributed by atoms with Gasteiger partial charge in [0.25, 0.3) is 13.7 Å². The van der Waals surface area contributed by atoms with Gasteiger partial charge in [-0.05, 0) is 60.7 Å². The van der Waals surface area contributed by atoms with Crippen molar-refractivity contribution in [3.05, 3.63) is 78.2 Å². The average molecular weight is 491 g/mol. The zero-order valence-electron chi connectivity index (χ0n) is 19.0. The number of phosphoric acid groups is 1. The number of carbonyl (C=O) groups excluding carboxylic acids is 1. The highest BCUT2D eigenvalue weighted by atomic mass is 31.2. The number of benzene rings is 2. The SMILES string of the molecule is C[N+](C)(C)CCNC(=O)c1cccc(-c2ccc(Oc3ccc(F)cc3)cc2)n1.O=P([O-])(O)O. The molecule has 182 valence electrons. The van der Waals surface area contributed by atoms with Crippen LogP contribution in [-0.4, -0.2) is 59.4 Å². The van der Waals surface area contributed by atoms with E-state index in [-0.39, 0.29) is 11.7 Å². The first-order valence-corrected chi connectivity index (χ1v) is 11.7. The van der Waals surface area contributed by atoms with Crippen molar-refractivity contribution < 1.29 is 37.7 Å². The second-order valence-electron chi connectivity index (χ2n) is 8.25. The number of quaternary nitrogens is 1. The zero-order valence-corrected chi connectivity index (χ0v) is 19.9. The van der Waals surface area contributed by atoms with Gasteiger partial charge in [-0.15, -0.1) is 0 Å². The van der Waals surface area contributed by atoms with E-state index in [1.165, 1.54) is 12.1 Å². The molecule has 0 fully saturated rings. The van der Waals surface area contributed by atoms with E-state index in [1.54, 1.807) is 18.2 Å². The minimum absolute atomic E-state index is 0.184. The lowest BCUT2D eigenvalue weighted by Crippen LogP contribution is -2.42. The van der Waals surface area contributed by atoms with Crippen molar-refractivity contribution in [3.63, 3.8) is 0 Å². The Morgan fingerprint density at radius 1 is 1.03 bits per heavy atom. The van der Waals surface area contributed by atoms with Gasteiger partial charge in [0.15, 0.2) is 0 Å². The Kier molecular flexibility index (Phi) is 9.43. The predicted octanol–water partition coefficient (Wildman–Crippen LogP) is 2.56. The maximum absolute atomic E-state index is 13.0. The van der Waals surface area contributed by atoms with Crippen molar-refractivity contribution in [1.29, 1.82) is 0 Å². The summed E-state index contributed by atoms with van der Waals surface area (Å²) in [5.41, 5.74) is 1.96. The van der Waals surface area contributed by atoms with Crippen molar-refractivity contribution in [2.24, 2.45) is 0 Å². The van der Waals surface area contributed by atoms with Gasteiger partial charge in [-0.1, -0.05) is 6.07 Å². The topological polar surface area (TPSA) is 132 Å². The lowest BCUT2D eigenvalue weighted by Gasteiger charge is -2.23. The number of halogens is 1. The highest BCUT2D eigenvalue weighted by molar-refractivity contribution is 7.43. The summed E-state index contributed by atoms with van der Waals surface area (Å²) in [4.78, 5) is 39.8. The van der Waals surface area contributed by atoms with Crippen LogP contribution in [0.5, 0.6) is 11.5 Å². The lowest BCUT2D eigenvalue weighted by molar-refractivity contribution is -0.869. The Balaban J connectivity index is 0.000000739. The van der Waals surface area contributed by atoms with E-state index in [4.69, 9.17) is 24.0 Å². The molecule has 1 amide bonds. The molecule has 34 heavy (non-hydrogen) atoms. The summed E-state index contributed by atoms with van der Waals surface area (Å²) in [6, 6.07) is 18.6. The van der Waals surface area contributed by atoms with Crippen LogP contribution in [0.3, 0.4) is 0 Å². The number of aromatic nitrogens is 1.